The molecule has 2 aromatic rings. The largest absolute Gasteiger partial charge is 0.267 e. The van der Waals surface area contributed by atoms with Gasteiger partial charge in [0.2, 0.25) is 0 Å². The molecule has 0 radical (unpaired) electrons. The third-order valence-corrected chi connectivity index (χ3v) is 3.80. The number of aromatic nitrogens is 3. The molecule has 84 valence electrons. The molecule has 0 amide bonds. The summed E-state index contributed by atoms with van der Waals surface area (Å²) in [6, 6.07) is 5.84. The first kappa shape index (κ1) is 11.9. The minimum atomic E-state index is 0.570. The molecule has 2 heterocycles. The third-order valence-electron chi connectivity index (χ3n) is 2.34. The molecule has 0 N–H and O–H groups in total. The SMILES string of the molecule is Cc1c(I)c(-c2ccccn2)nn1CCCl. The van der Waals surface area contributed by atoms with E-state index in [-0.39, 0.29) is 0 Å². The Morgan fingerprint density at radius 1 is 1.44 bits per heavy atom. The first-order valence-electron chi connectivity index (χ1n) is 4.94. The van der Waals surface area contributed by atoms with Gasteiger partial charge in [-0.3, -0.25) is 9.67 Å². The van der Waals surface area contributed by atoms with E-state index in [1.807, 2.05) is 29.8 Å². The lowest BCUT2D eigenvalue weighted by molar-refractivity contribution is 0.645. The molecule has 2 rings (SSSR count). The van der Waals surface area contributed by atoms with Gasteiger partial charge in [0.15, 0.2) is 0 Å². The summed E-state index contributed by atoms with van der Waals surface area (Å²) in [5.41, 5.74) is 2.98. The van der Waals surface area contributed by atoms with Crippen molar-refractivity contribution < 1.29 is 0 Å². The van der Waals surface area contributed by atoms with Crippen LogP contribution in [-0.2, 0) is 6.54 Å². The molecular weight excluding hydrogens is 336 g/mol. The van der Waals surface area contributed by atoms with Crippen LogP contribution in [0.3, 0.4) is 0 Å². The molecule has 16 heavy (non-hydrogen) atoms. The second-order valence-electron chi connectivity index (χ2n) is 3.38. The summed E-state index contributed by atoms with van der Waals surface area (Å²) in [6.45, 7) is 2.78. The van der Waals surface area contributed by atoms with E-state index < -0.39 is 0 Å². The predicted octanol–water partition coefficient (Wildman–Crippen LogP) is 3.10. The molecule has 0 saturated carbocycles. The number of nitrogens with zero attached hydrogens (tertiary/aromatic N) is 3. The van der Waals surface area contributed by atoms with Crippen molar-refractivity contribution in [1.29, 1.82) is 0 Å². The van der Waals surface area contributed by atoms with Gasteiger partial charge in [0.1, 0.15) is 5.69 Å². The standard InChI is InChI=1S/C11H11ClIN3/c1-8-10(13)11(15-16(8)7-5-12)9-4-2-3-6-14-9/h2-4,6H,5,7H2,1H3. The Balaban J connectivity index is 2.46. The minimum Gasteiger partial charge on any atom is -0.267 e. The number of halogens is 2. The van der Waals surface area contributed by atoms with Crippen molar-refractivity contribution in [3.05, 3.63) is 33.7 Å². The van der Waals surface area contributed by atoms with Crippen molar-refractivity contribution in [2.24, 2.45) is 0 Å². The molecule has 0 spiro atoms. The highest BCUT2D eigenvalue weighted by atomic mass is 127. The van der Waals surface area contributed by atoms with Crippen molar-refractivity contribution in [2.75, 3.05) is 5.88 Å². The molecule has 0 unspecified atom stereocenters. The van der Waals surface area contributed by atoms with Crippen molar-refractivity contribution in [3.8, 4) is 11.4 Å². The van der Waals surface area contributed by atoms with Gasteiger partial charge in [-0.1, -0.05) is 6.07 Å². The Bertz CT molecular complexity index is 481. The molecule has 0 saturated heterocycles. The van der Waals surface area contributed by atoms with E-state index in [1.165, 1.54) is 0 Å². The molecule has 0 fully saturated rings. The van der Waals surface area contributed by atoms with Crippen LogP contribution in [0.15, 0.2) is 24.4 Å². The Labute approximate surface area is 113 Å². The van der Waals surface area contributed by atoms with Crippen LogP contribution in [0.4, 0.5) is 0 Å². The molecule has 5 heteroatoms. The fourth-order valence-corrected chi connectivity index (χ4v) is 2.31. The van der Waals surface area contributed by atoms with E-state index in [0.29, 0.717) is 5.88 Å². The zero-order valence-corrected chi connectivity index (χ0v) is 11.7. The topological polar surface area (TPSA) is 30.7 Å². The molecule has 0 atom stereocenters. The predicted molar refractivity (Wildman–Crippen MR) is 73.6 cm³/mol. The fourth-order valence-electron chi connectivity index (χ4n) is 1.49. The van der Waals surface area contributed by atoms with Crippen molar-refractivity contribution >= 4 is 34.2 Å². The van der Waals surface area contributed by atoms with Gasteiger partial charge in [-0.05, 0) is 41.6 Å². The van der Waals surface area contributed by atoms with Gasteiger partial charge in [0, 0.05) is 17.8 Å². The van der Waals surface area contributed by atoms with Crippen LogP contribution in [0.5, 0.6) is 0 Å². The van der Waals surface area contributed by atoms with Gasteiger partial charge in [-0.25, -0.2) is 0 Å². The number of pyridine rings is 1. The van der Waals surface area contributed by atoms with Gasteiger partial charge < -0.3 is 0 Å². The summed E-state index contributed by atoms with van der Waals surface area (Å²) in [5.74, 6) is 0.570. The molecule has 0 aromatic carbocycles. The van der Waals surface area contributed by atoms with E-state index in [0.717, 1.165) is 27.2 Å². The zero-order valence-electron chi connectivity index (χ0n) is 8.82. The van der Waals surface area contributed by atoms with Crippen molar-refractivity contribution in [3.63, 3.8) is 0 Å². The molecular formula is C11H11ClIN3. The number of rotatable bonds is 3. The first-order chi connectivity index (χ1) is 7.74. The average Bonchev–Trinajstić information content (AvgIpc) is 2.59. The van der Waals surface area contributed by atoms with E-state index in [4.69, 9.17) is 11.6 Å². The van der Waals surface area contributed by atoms with Crippen LogP contribution >= 0.6 is 34.2 Å². The van der Waals surface area contributed by atoms with Gasteiger partial charge in [-0.15, -0.1) is 11.6 Å². The zero-order chi connectivity index (χ0) is 11.5. The van der Waals surface area contributed by atoms with Crippen LogP contribution in [0.1, 0.15) is 5.69 Å². The summed E-state index contributed by atoms with van der Waals surface area (Å²) in [7, 11) is 0. The molecule has 3 nitrogen and oxygen atoms in total. The third kappa shape index (κ3) is 2.22. The smallest absolute Gasteiger partial charge is 0.124 e. The van der Waals surface area contributed by atoms with Gasteiger partial charge in [-0.2, -0.15) is 5.10 Å². The maximum absolute atomic E-state index is 5.74. The van der Waals surface area contributed by atoms with Gasteiger partial charge >= 0.3 is 0 Å². The molecule has 2 aromatic heterocycles. The first-order valence-corrected chi connectivity index (χ1v) is 6.55. The quantitative estimate of drug-likeness (QED) is 0.631. The Hall–Kier alpha value is -0.620. The van der Waals surface area contributed by atoms with Crippen LogP contribution in [0.25, 0.3) is 11.4 Å². The maximum Gasteiger partial charge on any atom is 0.124 e. The number of aryl methyl sites for hydroxylation is 1. The average molecular weight is 348 g/mol. The number of alkyl halides is 1. The molecule has 0 aliphatic heterocycles. The summed E-state index contributed by atoms with van der Waals surface area (Å²) in [5, 5.41) is 4.53. The van der Waals surface area contributed by atoms with E-state index >= 15 is 0 Å². The molecule has 0 aliphatic rings. The number of hydrogen-bond donors (Lipinski definition) is 0. The lowest BCUT2D eigenvalue weighted by Gasteiger charge is -1.98. The Morgan fingerprint density at radius 2 is 2.25 bits per heavy atom. The summed E-state index contributed by atoms with van der Waals surface area (Å²) >= 11 is 8.04. The summed E-state index contributed by atoms with van der Waals surface area (Å²) < 4.78 is 3.07. The Morgan fingerprint density at radius 3 is 2.88 bits per heavy atom. The van der Waals surface area contributed by atoms with Crippen molar-refractivity contribution in [2.45, 2.75) is 13.5 Å². The van der Waals surface area contributed by atoms with E-state index in [2.05, 4.69) is 32.7 Å². The Kier molecular flexibility index (Phi) is 3.81. The van der Waals surface area contributed by atoms with Crippen LogP contribution in [-0.4, -0.2) is 20.6 Å². The van der Waals surface area contributed by atoms with E-state index in [9.17, 15) is 0 Å². The molecule has 0 aliphatic carbocycles. The lowest BCUT2D eigenvalue weighted by Crippen LogP contribution is -2.03. The van der Waals surface area contributed by atoms with Crippen LogP contribution in [0.2, 0.25) is 0 Å². The highest BCUT2D eigenvalue weighted by Gasteiger charge is 2.13. The van der Waals surface area contributed by atoms with Crippen molar-refractivity contribution in [1.82, 2.24) is 14.8 Å². The van der Waals surface area contributed by atoms with Crippen LogP contribution < -0.4 is 0 Å². The second kappa shape index (κ2) is 5.14. The van der Waals surface area contributed by atoms with E-state index in [1.54, 1.807) is 6.20 Å². The summed E-state index contributed by atoms with van der Waals surface area (Å²) in [6.07, 6.45) is 1.78. The highest BCUT2D eigenvalue weighted by Crippen LogP contribution is 2.24. The fraction of sp³-hybridized carbons (Fsp3) is 0.273. The summed E-state index contributed by atoms with van der Waals surface area (Å²) in [4.78, 5) is 4.31. The second-order valence-corrected chi connectivity index (χ2v) is 4.83. The highest BCUT2D eigenvalue weighted by molar-refractivity contribution is 14.1. The normalized spacial score (nSPS) is 10.7. The maximum atomic E-state index is 5.74. The van der Waals surface area contributed by atoms with Gasteiger partial charge in [0.05, 0.1) is 15.8 Å². The minimum absolute atomic E-state index is 0.570. The number of hydrogen-bond acceptors (Lipinski definition) is 2. The van der Waals surface area contributed by atoms with Gasteiger partial charge in [0.25, 0.3) is 0 Å². The monoisotopic (exact) mass is 347 g/mol. The molecule has 0 bridgehead atoms. The van der Waals surface area contributed by atoms with Crippen LogP contribution in [0, 0.1) is 10.5 Å². The lowest BCUT2D eigenvalue weighted by atomic mass is 10.2.